The van der Waals surface area contributed by atoms with E-state index in [9.17, 15) is 0 Å². The van der Waals surface area contributed by atoms with Crippen LogP contribution in [0.15, 0.2) is 24.3 Å². The molecule has 0 fully saturated rings. The SMILES string of the molecule is CCCCc1ccc(CCCC#N)cc1. The highest BCUT2D eigenvalue weighted by Crippen LogP contribution is 2.10. The van der Waals surface area contributed by atoms with Crippen LogP contribution in [0.2, 0.25) is 0 Å². The summed E-state index contributed by atoms with van der Waals surface area (Å²) in [6.45, 7) is 2.22. The smallest absolute Gasteiger partial charge is 0.0621 e. The Kier molecular flexibility index (Phi) is 5.55. The zero-order valence-electron chi connectivity index (χ0n) is 9.50. The lowest BCUT2D eigenvalue weighted by Gasteiger charge is -2.02. The minimum Gasteiger partial charge on any atom is -0.198 e. The number of benzene rings is 1. The molecule has 0 amide bonds. The van der Waals surface area contributed by atoms with E-state index in [1.165, 1.54) is 30.4 Å². The van der Waals surface area contributed by atoms with Crippen LogP contribution in [0.25, 0.3) is 0 Å². The van der Waals surface area contributed by atoms with Crippen molar-refractivity contribution in [2.45, 2.75) is 45.4 Å². The molecule has 0 radical (unpaired) electrons. The summed E-state index contributed by atoms with van der Waals surface area (Å²) in [5, 5.41) is 8.44. The van der Waals surface area contributed by atoms with Crippen LogP contribution in [-0.4, -0.2) is 0 Å². The van der Waals surface area contributed by atoms with Gasteiger partial charge in [-0.15, -0.1) is 0 Å². The second kappa shape index (κ2) is 7.06. The molecule has 1 rings (SSSR count). The van der Waals surface area contributed by atoms with Crippen molar-refractivity contribution >= 4 is 0 Å². The van der Waals surface area contributed by atoms with Crippen molar-refractivity contribution in [2.24, 2.45) is 0 Å². The van der Waals surface area contributed by atoms with Crippen molar-refractivity contribution in [3.8, 4) is 6.07 Å². The first-order valence-corrected chi connectivity index (χ1v) is 5.81. The van der Waals surface area contributed by atoms with E-state index in [2.05, 4.69) is 37.3 Å². The second-order valence-corrected chi connectivity index (χ2v) is 3.93. The fraction of sp³-hybridized carbons (Fsp3) is 0.500. The van der Waals surface area contributed by atoms with Gasteiger partial charge in [0.05, 0.1) is 6.07 Å². The second-order valence-electron chi connectivity index (χ2n) is 3.93. The van der Waals surface area contributed by atoms with Crippen LogP contribution in [0.1, 0.15) is 43.7 Å². The average Bonchev–Trinajstić information content (AvgIpc) is 2.28. The Morgan fingerprint density at radius 3 is 2.00 bits per heavy atom. The summed E-state index contributed by atoms with van der Waals surface area (Å²) < 4.78 is 0. The van der Waals surface area contributed by atoms with Crippen LogP contribution in [-0.2, 0) is 12.8 Å². The first-order valence-electron chi connectivity index (χ1n) is 5.81. The summed E-state index contributed by atoms with van der Waals surface area (Å²) in [5.74, 6) is 0. The quantitative estimate of drug-likeness (QED) is 0.641. The predicted octanol–water partition coefficient (Wildman–Crippen LogP) is 3.88. The molecular weight excluding hydrogens is 182 g/mol. The van der Waals surface area contributed by atoms with Crippen LogP contribution < -0.4 is 0 Å². The molecule has 80 valence electrons. The summed E-state index contributed by atoms with van der Waals surface area (Å²) in [7, 11) is 0. The van der Waals surface area contributed by atoms with Gasteiger partial charge in [0, 0.05) is 6.42 Å². The van der Waals surface area contributed by atoms with Gasteiger partial charge in [0.2, 0.25) is 0 Å². The Morgan fingerprint density at radius 1 is 1.00 bits per heavy atom. The van der Waals surface area contributed by atoms with Crippen LogP contribution in [0.5, 0.6) is 0 Å². The van der Waals surface area contributed by atoms with E-state index in [1.54, 1.807) is 0 Å². The first-order chi connectivity index (χ1) is 7.36. The Morgan fingerprint density at radius 2 is 1.53 bits per heavy atom. The van der Waals surface area contributed by atoms with E-state index in [0.717, 1.165) is 12.8 Å². The van der Waals surface area contributed by atoms with Crippen LogP contribution in [0, 0.1) is 11.3 Å². The highest BCUT2D eigenvalue weighted by atomic mass is 14.2. The minimum absolute atomic E-state index is 0.664. The maximum atomic E-state index is 8.44. The normalized spacial score (nSPS) is 9.87. The van der Waals surface area contributed by atoms with Crippen molar-refractivity contribution in [2.75, 3.05) is 0 Å². The number of nitriles is 1. The molecule has 1 nitrogen and oxygen atoms in total. The molecule has 1 aromatic rings. The van der Waals surface area contributed by atoms with Gasteiger partial charge in [-0.1, -0.05) is 37.6 Å². The van der Waals surface area contributed by atoms with Gasteiger partial charge in [0.25, 0.3) is 0 Å². The summed E-state index contributed by atoms with van der Waals surface area (Å²) in [6.07, 6.45) is 6.39. The molecule has 0 N–H and O–H groups in total. The Balaban J connectivity index is 2.39. The lowest BCUT2D eigenvalue weighted by Crippen LogP contribution is -1.88. The Hall–Kier alpha value is -1.29. The molecule has 0 unspecified atom stereocenters. The van der Waals surface area contributed by atoms with E-state index >= 15 is 0 Å². The first kappa shape index (κ1) is 11.8. The molecule has 0 saturated heterocycles. The molecule has 0 saturated carbocycles. The Bertz CT molecular complexity index is 305. The summed E-state index contributed by atoms with van der Waals surface area (Å²) >= 11 is 0. The van der Waals surface area contributed by atoms with E-state index < -0.39 is 0 Å². The molecule has 0 bridgehead atoms. The molecule has 0 aromatic heterocycles. The van der Waals surface area contributed by atoms with Gasteiger partial charge < -0.3 is 0 Å². The number of hydrogen-bond acceptors (Lipinski definition) is 1. The van der Waals surface area contributed by atoms with Gasteiger partial charge in [-0.3, -0.25) is 0 Å². The molecular formula is C14H19N. The third-order valence-corrected chi connectivity index (χ3v) is 2.60. The van der Waals surface area contributed by atoms with E-state index in [4.69, 9.17) is 5.26 Å². The van der Waals surface area contributed by atoms with Crippen LogP contribution in [0.4, 0.5) is 0 Å². The summed E-state index contributed by atoms with van der Waals surface area (Å²) in [5.41, 5.74) is 2.78. The number of rotatable bonds is 6. The molecule has 1 aromatic carbocycles. The van der Waals surface area contributed by atoms with Gasteiger partial charge in [0.1, 0.15) is 0 Å². The van der Waals surface area contributed by atoms with Gasteiger partial charge >= 0.3 is 0 Å². The third kappa shape index (κ3) is 4.65. The molecule has 0 atom stereocenters. The zero-order chi connectivity index (χ0) is 10.9. The van der Waals surface area contributed by atoms with Crippen molar-refractivity contribution in [1.82, 2.24) is 0 Å². The minimum atomic E-state index is 0.664. The van der Waals surface area contributed by atoms with Crippen molar-refractivity contribution in [3.63, 3.8) is 0 Å². The molecule has 0 heterocycles. The van der Waals surface area contributed by atoms with E-state index in [0.29, 0.717) is 6.42 Å². The monoisotopic (exact) mass is 201 g/mol. The van der Waals surface area contributed by atoms with Gasteiger partial charge in [-0.05, 0) is 36.8 Å². The van der Waals surface area contributed by atoms with Gasteiger partial charge in [-0.25, -0.2) is 0 Å². The molecule has 0 aliphatic heterocycles. The summed E-state index contributed by atoms with van der Waals surface area (Å²) in [6, 6.07) is 11.0. The van der Waals surface area contributed by atoms with E-state index in [1.807, 2.05) is 0 Å². The number of unbranched alkanes of at least 4 members (excludes halogenated alkanes) is 2. The van der Waals surface area contributed by atoms with Gasteiger partial charge in [0.15, 0.2) is 0 Å². The zero-order valence-corrected chi connectivity index (χ0v) is 9.50. The maximum Gasteiger partial charge on any atom is 0.0621 e. The van der Waals surface area contributed by atoms with E-state index in [-0.39, 0.29) is 0 Å². The third-order valence-electron chi connectivity index (χ3n) is 2.60. The molecule has 0 spiro atoms. The van der Waals surface area contributed by atoms with Crippen molar-refractivity contribution in [1.29, 1.82) is 5.26 Å². The largest absolute Gasteiger partial charge is 0.198 e. The Labute approximate surface area is 92.7 Å². The number of aryl methyl sites for hydroxylation is 2. The fourth-order valence-corrected chi connectivity index (χ4v) is 1.63. The standard InChI is InChI=1S/C14H19N/c1-2-3-6-13-8-10-14(11-9-13)7-4-5-12-15/h8-11H,2-7H2,1H3. The topological polar surface area (TPSA) is 23.8 Å². The molecule has 1 heteroatoms. The van der Waals surface area contributed by atoms with Crippen LogP contribution >= 0.6 is 0 Å². The summed E-state index contributed by atoms with van der Waals surface area (Å²) in [4.78, 5) is 0. The van der Waals surface area contributed by atoms with Gasteiger partial charge in [-0.2, -0.15) is 5.26 Å². The van der Waals surface area contributed by atoms with Crippen LogP contribution in [0.3, 0.4) is 0 Å². The highest BCUT2D eigenvalue weighted by Gasteiger charge is 1.95. The average molecular weight is 201 g/mol. The highest BCUT2D eigenvalue weighted by molar-refractivity contribution is 5.22. The lowest BCUT2D eigenvalue weighted by atomic mass is 10.0. The molecule has 15 heavy (non-hydrogen) atoms. The number of nitrogens with zero attached hydrogens (tertiary/aromatic N) is 1. The fourth-order valence-electron chi connectivity index (χ4n) is 1.63. The predicted molar refractivity (Wildman–Crippen MR) is 63.6 cm³/mol. The van der Waals surface area contributed by atoms with Crippen molar-refractivity contribution in [3.05, 3.63) is 35.4 Å². The number of hydrogen-bond donors (Lipinski definition) is 0. The van der Waals surface area contributed by atoms with Crippen molar-refractivity contribution < 1.29 is 0 Å². The molecule has 0 aliphatic carbocycles. The maximum absolute atomic E-state index is 8.44. The molecule has 0 aliphatic rings. The lowest BCUT2D eigenvalue weighted by molar-refractivity contribution is 0.793.